The molecule has 28 heavy (non-hydrogen) atoms. The van der Waals surface area contributed by atoms with Gasteiger partial charge in [0.15, 0.2) is 11.5 Å². The molecule has 0 aliphatic carbocycles. The number of carbonyl (C=O) groups is 1. The summed E-state index contributed by atoms with van der Waals surface area (Å²) in [5.41, 5.74) is 3.59. The number of rotatable bonds is 3. The zero-order valence-corrected chi connectivity index (χ0v) is 15.3. The third-order valence-electron chi connectivity index (χ3n) is 4.51. The third kappa shape index (κ3) is 2.93. The topological polar surface area (TPSA) is 76.2 Å². The van der Waals surface area contributed by atoms with Crippen molar-refractivity contribution in [2.45, 2.75) is 0 Å². The smallest absolute Gasteiger partial charge is 0.255 e. The summed E-state index contributed by atoms with van der Waals surface area (Å²) in [5, 5.41) is 3.29. The van der Waals surface area contributed by atoms with Crippen LogP contribution in [-0.2, 0) is 0 Å². The van der Waals surface area contributed by atoms with Gasteiger partial charge in [-0.25, -0.2) is 4.98 Å². The Balaban J connectivity index is 1.45. The van der Waals surface area contributed by atoms with Gasteiger partial charge in [-0.3, -0.25) is 4.79 Å². The number of carbonyl (C=O) groups excluding carboxylic acids is 1. The van der Waals surface area contributed by atoms with E-state index in [0.29, 0.717) is 33.6 Å². The highest BCUT2D eigenvalue weighted by Gasteiger charge is 2.17. The van der Waals surface area contributed by atoms with E-state index < -0.39 is 0 Å². The summed E-state index contributed by atoms with van der Waals surface area (Å²) in [5.74, 6) is 1.59. The van der Waals surface area contributed by atoms with Crippen molar-refractivity contribution in [3.63, 3.8) is 0 Å². The first-order chi connectivity index (χ1) is 13.7. The highest BCUT2D eigenvalue weighted by molar-refractivity contribution is 6.34. The summed E-state index contributed by atoms with van der Waals surface area (Å²) in [6.07, 6.45) is 0. The maximum Gasteiger partial charge on any atom is 0.255 e. The van der Waals surface area contributed by atoms with Gasteiger partial charge in [-0.15, -0.1) is 0 Å². The van der Waals surface area contributed by atoms with Crippen molar-refractivity contribution in [1.29, 1.82) is 0 Å². The Labute approximate surface area is 165 Å². The number of H-pyrrole nitrogens is 1. The van der Waals surface area contributed by atoms with E-state index in [2.05, 4.69) is 15.3 Å². The number of imidazole rings is 1. The number of nitrogens with zero attached hydrogens (tertiary/aromatic N) is 1. The van der Waals surface area contributed by atoms with Gasteiger partial charge < -0.3 is 19.8 Å². The monoisotopic (exact) mass is 391 g/mol. The minimum absolute atomic E-state index is 0.159. The van der Waals surface area contributed by atoms with Crippen molar-refractivity contribution in [3.8, 4) is 22.9 Å². The normalized spacial score (nSPS) is 12.3. The molecule has 0 bridgehead atoms. The maximum absolute atomic E-state index is 12.7. The first kappa shape index (κ1) is 16.6. The highest BCUT2D eigenvalue weighted by atomic mass is 35.5. The maximum atomic E-state index is 12.7. The van der Waals surface area contributed by atoms with Crippen LogP contribution < -0.4 is 14.8 Å². The summed E-state index contributed by atoms with van der Waals surface area (Å²) in [4.78, 5) is 20.5. The number of amides is 1. The average Bonchev–Trinajstić information content (AvgIpc) is 3.35. The predicted octanol–water partition coefficient (Wildman–Crippen LogP) is 4.86. The number of halogens is 1. The van der Waals surface area contributed by atoms with Crippen molar-refractivity contribution in [2.75, 3.05) is 12.1 Å². The Bertz CT molecular complexity index is 1190. The van der Waals surface area contributed by atoms with Crippen molar-refractivity contribution in [1.82, 2.24) is 9.97 Å². The second-order valence-electron chi connectivity index (χ2n) is 6.32. The van der Waals surface area contributed by atoms with E-state index in [-0.39, 0.29) is 12.7 Å². The summed E-state index contributed by atoms with van der Waals surface area (Å²) in [7, 11) is 0. The molecule has 0 atom stereocenters. The Morgan fingerprint density at radius 1 is 1.04 bits per heavy atom. The number of para-hydroxylation sites is 2. The molecular weight excluding hydrogens is 378 g/mol. The second kappa shape index (κ2) is 6.58. The van der Waals surface area contributed by atoms with E-state index >= 15 is 0 Å². The zero-order chi connectivity index (χ0) is 19.1. The molecule has 0 radical (unpaired) electrons. The largest absolute Gasteiger partial charge is 0.454 e. The lowest BCUT2D eigenvalue weighted by Gasteiger charge is -2.09. The van der Waals surface area contributed by atoms with Crippen LogP contribution in [0.3, 0.4) is 0 Å². The van der Waals surface area contributed by atoms with E-state index in [1.54, 1.807) is 30.3 Å². The molecule has 2 heterocycles. The SMILES string of the molecule is O=C(Nc1cc(-c2nc3ccccc3[nH]2)ccc1Cl)c1ccc2c(c1)OCO2. The molecule has 138 valence electrons. The van der Waals surface area contributed by atoms with Gasteiger partial charge >= 0.3 is 0 Å². The second-order valence-corrected chi connectivity index (χ2v) is 6.73. The average molecular weight is 392 g/mol. The van der Waals surface area contributed by atoms with Gasteiger partial charge in [0.25, 0.3) is 5.91 Å². The predicted molar refractivity (Wildman–Crippen MR) is 107 cm³/mol. The molecule has 0 saturated carbocycles. The number of aromatic amines is 1. The van der Waals surface area contributed by atoms with Gasteiger partial charge in [0.2, 0.25) is 6.79 Å². The van der Waals surface area contributed by atoms with Gasteiger partial charge in [-0.2, -0.15) is 0 Å². The van der Waals surface area contributed by atoms with E-state index in [1.165, 1.54) is 0 Å². The lowest BCUT2D eigenvalue weighted by Crippen LogP contribution is -2.12. The standard InChI is InChI=1S/C21H14ClN3O3/c22-14-7-5-12(20-23-15-3-1-2-4-16(15)24-20)9-17(14)25-21(26)13-6-8-18-19(10-13)28-11-27-18/h1-10H,11H2,(H,23,24)(H,25,26). The zero-order valence-electron chi connectivity index (χ0n) is 14.5. The van der Waals surface area contributed by atoms with Crippen molar-refractivity contribution in [3.05, 3.63) is 71.2 Å². The van der Waals surface area contributed by atoms with Crippen LogP contribution in [0.15, 0.2) is 60.7 Å². The number of benzene rings is 3. The quantitative estimate of drug-likeness (QED) is 0.522. The van der Waals surface area contributed by atoms with E-state index in [4.69, 9.17) is 21.1 Å². The fraction of sp³-hybridized carbons (Fsp3) is 0.0476. The molecule has 0 spiro atoms. The van der Waals surface area contributed by atoms with Crippen LogP contribution in [0, 0.1) is 0 Å². The van der Waals surface area contributed by atoms with Gasteiger partial charge in [0.05, 0.1) is 21.7 Å². The van der Waals surface area contributed by atoms with Gasteiger partial charge in [0, 0.05) is 11.1 Å². The Kier molecular flexibility index (Phi) is 3.91. The molecule has 1 amide bonds. The van der Waals surface area contributed by atoms with Crippen molar-refractivity contribution < 1.29 is 14.3 Å². The van der Waals surface area contributed by atoms with Crippen LogP contribution >= 0.6 is 11.6 Å². The number of hydrogen-bond acceptors (Lipinski definition) is 4. The van der Waals surface area contributed by atoms with Crippen LogP contribution in [0.1, 0.15) is 10.4 Å². The Hall–Kier alpha value is -3.51. The van der Waals surface area contributed by atoms with Crippen LogP contribution in [0.25, 0.3) is 22.4 Å². The molecular formula is C21H14ClN3O3. The van der Waals surface area contributed by atoms with E-state index in [9.17, 15) is 4.79 Å². The van der Waals surface area contributed by atoms with Crippen molar-refractivity contribution in [2.24, 2.45) is 0 Å². The highest BCUT2D eigenvalue weighted by Crippen LogP contribution is 2.33. The molecule has 5 rings (SSSR count). The lowest BCUT2D eigenvalue weighted by atomic mass is 10.1. The molecule has 7 heteroatoms. The Morgan fingerprint density at radius 2 is 1.89 bits per heavy atom. The van der Waals surface area contributed by atoms with Gasteiger partial charge in [0.1, 0.15) is 5.82 Å². The van der Waals surface area contributed by atoms with Crippen molar-refractivity contribution >= 4 is 34.2 Å². The van der Waals surface area contributed by atoms with Crippen LogP contribution in [-0.4, -0.2) is 22.7 Å². The van der Waals surface area contributed by atoms with E-state index in [0.717, 1.165) is 16.6 Å². The van der Waals surface area contributed by atoms with Gasteiger partial charge in [-0.05, 0) is 48.5 Å². The number of ether oxygens (including phenoxy) is 2. The molecule has 0 saturated heterocycles. The van der Waals surface area contributed by atoms with Crippen LogP contribution in [0.5, 0.6) is 11.5 Å². The molecule has 2 N–H and O–H groups in total. The first-order valence-electron chi connectivity index (χ1n) is 8.63. The molecule has 1 aromatic heterocycles. The molecule has 1 aliphatic heterocycles. The number of anilines is 1. The summed E-state index contributed by atoms with van der Waals surface area (Å²) >= 11 is 6.30. The third-order valence-corrected chi connectivity index (χ3v) is 4.84. The fourth-order valence-electron chi connectivity index (χ4n) is 3.09. The minimum Gasteiger partial charge on any atom is -0.454 e. The molecule has 0 unspecified atom stereocenters. The lowest BCUT2D eigenvalue weighted by molar-refractivity contribution is 0.102. The number of hydrogen-bond donors (Lipinski definition) is 2. The summed E-state index contributed by atoms with van der Waals surface area (Å²) < 4.78 is 10.6. The first-order valence-corrected chi connectivity index (χ1v) is 9.01. The number of aromatic nitrogens is 2. The number of nitrogens with one attached hydrogen (secondary N) is 2. The van der Waals surface area contributed by atoms with Gasteiger partial charge in [-0.1, -0.05) is 23.7 Å². The molecule has 1 aliphatic rings. The molecule has 0 fully saturated rings. The fourth-order valence-corrected chi connectivity index (χ4v) is 3.25. The summed E-state index contributed by atoms with van der Waals surface area (Å²) in [6.45, 7) is 0.159. The minimum atomic E-state index is -0.290. The number of fused-ring (bicyclic) bond motifs is 2. The van der Waals surface area contributed by atoms with Crippen LogP contribution in [0.2, 0.25) is 5.02 Å². The Morgan fingerprint density at radius 3 is 2.79 bits per heavy atom. The molecule has 6 nitrogen and oxygen atoms in total. The van der Waals surface area contributed by atoms with E-state index in [1.807, 2.05) is 30.3 Å². The molecule has 3 aromatic carbocycles. The summed E-state index contributed by atoms with van der Waals surface area (Å²) in [6, 6.07) is 18.2. The van der Waals surface area contributed by atoms with Crippen LogP contribution in [0.4, 0.5) is 5.69 Å². The molecule has 4 aromatic rings.